The van der Waals surface area contributed by atoms with Crippen molar-refractivity contribution in [3.63, 3.8) is 0 Å². The summed E-state index contributed by atoms with van der Waals surface area (Å²) in [6.45, 7) is 0. The van der Waals surface area contributed by atoms with Gasteiger partial charge in [0.15, 0.2) is 0 Å². The van der Waals surface area contributed by atoms with Gasteiger partial charge in [-0.25, -0.2) is 0 Å². The molecule has 0 aromatic carbocycles. The molecule has 22 nitrogen and oxygen atoms in total. The number of rotatable bonds is 0. The van der Waals surface area contributed by atoms with Crippen LogP contribution in [0.2, 0.25) is 0 Å². The fraction of sp³-hybridized carbons (Fsp3) is 0. The molecule has 0 saturated carbocycles. The second kappa shape index (κ2) is 74.9. The predicted octanol–water partition coefficient (Wildman–Crippen LogP) is 0.0131. The summed E-state index contributed by atoms with van der Waals surface area (Å²) < 4.78 is 0. The van der Waals surface area contributed by atoms with Crippen molar-refractivity contribution < 1.29 is 41.4 Å². The maximum atomic E-state index is 8.25. The van der Waals surface area contributed by atoms with Crippen molar-refractivity contribution in [3.8, 4) is 0 Å². The Morgan fingerprint density at radius 2 is 0.348 bits per heavy atom. The predicted molar refractivity (Wildman–Crippen MR) is 71.6 cm³/mol. The topological polar surface area (TPSA) is 475 Å². The first-order valence-corrected chi connectivity index (χ1v) is 2.19. The molecule has 0 aliphatic carbocycles. The van der Waals surface area contributed by atoms with Gasteiger partial charge in [0.2, 0.25) is 0 Å². The monoisotopic (exact) mass is 545 g/mol. The SMILES string of the molecule is N.N.N.N.N.N.O=[N+]([O-])[O-].O=[N+]([O-])[O-].O=[N+]([O-])[O-].O=[N+]([O-])[O-].[Pt+4]. The van der Waals surface area contributed by atoms with Crippen LogP contribution in [0.5, 0.6) is 0 Å². The van der Waals surface area contributed by atoms with Gasteiger partial charge in [-0.3, -0.25) is 0 Å². The van der Waals surface area contributed by atoms with E-state index in [1.807, 2.05) is 0 Å². The van der Waals surface area contributed by atoms with E-state index in [-0.39, 0.29) is 58.0 Å². The van der Waals surface area contributed by atoms with E-state index in [2.05, 4.69) is 0 Å². The molecule has 18 N–H and O–H groups in total. The molecular weight excluding hydrogens is 527 g/mol. The molecule has 0 bridgehead atoms. The van der Waals surface area contributed by atoms with E-state index < -0.39 is 20.3 Å². The van der Waals surface area contributed by atoms with Gasteiger partial charge in [-0.15, -0.1) is 0 Å². The van der Waals surface area contributed by atoms with Gasteiger partial charge in [-0.2, -0.15) is 0 Å². The van der Waals surface area contributed by atoms with Crippen LogP contribution in [-0.2, 0) is 21.1 Å². The maximum Gasteiger partial charge on any atom is 4.00 e. The average molecular weight is 545 g/mol. The molecule has 0 aliphatic rings. The Morgan fingerprint density at radius 1 is 0.348 bits per heavy atom. The Morgan fingerprint density at radius 3 is 0.348 bits per heavy atom. The molecule has 23 heteroatoms. The van der Waals surface area contributed by atoms with E-state index in [1.54, 1.807) is 0 Å². The van der Waals surface area contributed by atoms with Crippen LogP contribution in [0.15, 0.2) is 0 Å². The third-order valence-electron chi connectivity index (χ3n) is 0. The minimum Gasteiger partial charge on any atom is -0.356 e. The Kier molecular flexibility index (Phi) is 286. The van der Waals surface area contributed by atoms with Crippen molar-refractivity contribution >= 4 is 0 Å². The molecule has 0 unspecified atom stereocenters. The molecule has 0 spiro atoms. The summed E-state index contributed by atoms with van der Waals surface area (Å²) in [6.07, 6.45) is 0. The zero-order valence-electron chi connectivity index (χ0n) is 11.2. The Balaban J connectivity index is -0.00000000842. The molecule has 150 valence electrons. The van der Waals surface area contributed by atoms with Crippen LogP contribution in [0.25, 0.3) is 0 Å². The van der Waals surface area contributed by atoms with Gasteiger partial charge in [-0.1, -0.05) is 0 Å². The van der Waals surface area contributed by atoms with Crippen LogP contribution in [0.4, 0.5) is 0 Å². The van der Waals surface area contributed by atoms with Crippen molar-refractivity contribution in [2.24, 2.45) is 0 Å². The maximum absolute atomic E-state index is 8.25. The molecule has 0 fully saturated rings. The van der Waals surface area contributed by atoms with Crippen molar-refractivity contribution in [1.29, 1.82) is 0 Å². The third kappa shape index (κ3) is 756. The minimum atomic E-state index is -1.75. The van der Waals surface area contributed by atoms with E-state index >= 15 is 0 Å². The van der Waals surface area contributed by atoms with Crippen LogP contribution in [0.3, 0.4) is 0 Å². The van der Waals surface area contributed by atoms with Crippen molar-refractivity contribution in [3.05, 3.63) is 61.3 Å². The number of hydrogen-bond acceptors (Lipinski definition) is 18. The second-order valence-corrected chi connectivity index (χ2v) is 0.894. The minimum absolute atomic E-state index is 0. The second-order valence-electron chi connectivity index (χ2n) is 0.894. The first-order valence-electron chi connectivity index (χ1n) is 2.19. The molecule has 0 aromatic heterocycles. The van der Waals surface area contributed by atoms with E-state index in [1.165, 1.54) is 0 Å². The molecule has 0 aromatic rings. The summed E-state index contributed by atoms with van der Waals surface area (Å²) in [5.41, 5.74) is 0. The van der Waals surface area contributed by atoms with Gasteiger partial charge < -0.3 is 98.2 Å². The Labute approximate surface area is 140 Å². The van der Waals surface area contributed by atoms with Crippen molar-refractivity contribution in [1.82, 2.24) is 36.9 Å². The molecule has 0 saturated heterocycles. The largest absolute Gasteiger partial charge is 4.00 e. The Bertz CT molecular complexity index is 168. The fourth-order valence-electron chi connectivity index (χ4n) is 0. The van der Waals surface area contributed by atoms with Gasteiger partial charge in [-0.05, 0) is 0 Å². The van der Waals surface area contributed by atoms with Crippen molar-refractivity contribution in [2.75, 3.05) is 0 Å². The van der Waals surface area contributed by atoms with Crippen molar-refractivity contribution in [2.45, 2.75) is 0 Å². The summed E-state index contributed by atoms with van der Waals surface area (Å²) in [6, 6.07) is 0. The van der Waals surface area contributed by atoms with Crippen LogP contribution in [0, 0.1) is 61.3 Å². The standard InChI is InChI=1S/4NO3.6H3N.Pt/c4*2-1(3)4;;;;;;;/h;;;;6*1H3;/q4*-1;;;;;;;+4. The molecule has 0 atom stereocenters. The summed E-state index contributed by atoms with van der Waals surface area (Å²) in [5.74, 6) is 0. The van der Waals surface area contributed by atoms with Gasteiger partial charge in [0.25, 0.3) is 0 Å². The molecule has 0 amide bonds. The van der Waals surface area contributed by atoms with E-state index in [0.717, 1.165) is 0 Å². The number of nitrogens with zero attached hydrogens (tertiary/aromatic N) is 4. The molecule has 23 heavy (non-hydrogen) atoms. The molecule has 0 aliphatic heterocycles. The molecule has 0 rings (SSSR count). The zero-order chi connectivity index (χ0) is 14.3. The van der Waals surface area contributed by atoms with E-state index in [4.69, 9.17) is 61.3 Å². The molecular formula is H18N10O12Pt. The van der Waals surface area contributed by atoms with Crippen LogP contribution in [0.1, 0.15) is 0 Å². The zero-order valence-corrected chi connectivity index (χ0v) is 13.5. The first kappa shape index (κ1) is 87.7. The first-order chi connectivity index (χ1) is 6.93. The normalized spacial score (nSPS) is 4.17. The average Bonchev–Trinajstić information content (AvgIpc) is 1.76. The van der Waals surface area contributed by atoms with E-state index in [9.17, 15) is 0 Å². The Hall–Kier alpha value is -2.75. The van der Waals surface area contributed by atoms with Crippen LogP contribution < -0.4 is 36.9 Å². The molecule has 0 radical (unpaired) electrons. The quantitative estimate of drug-likeness (QED) is 0.172. The summed E-state index contributed by atoms with van der Waals surface area (Å²) in [5, 5.41) is 59.0. The summed E-state index contributed by atoms with van der Waals surface area (Å²) >= 11 is 0. The van der Waals surface area contributed by atoms with E-state index in [0.29, 0.717) is 0 Å². The molecule has 0 heterocycles. The third-order valence-corrected chi connectivity index (χ3v) is 0. The fourth-order valence-corrected chi connectivity index (χ4v) is 0. The van der Waals surface area contributed by atoms with Crippen LogP contribution >= 0.6 is 0 Å². The smallest absolute Gasteiger partial charge is 0.356 e. The van der Waals surface area contributed by atoms with Gasteiger partial charge in [0.05, 0.1) is 20.3 Å². The van der Waals surface area contributed by atoms with Gasteiger partial charge >= 0.3 is 21.1 Å². The van der Waals surface area contributed by atoms with Gasteiger partial charge in [0, 0.05) is 0 Å². The summed E-state index contributed by atoms with van der Waals surface area (Å²) in [7, 11) is 0. The summed E-state index contributed by atoms with van der Waals surface area (Å²) in [4.78, 5) is 33.0. The van der Waals surface area contributed by atoms with Crippen LogP contribution in [-0.4, -0.2) is 20.3 Å². The van der Waals surface area contributed by atoms with Gasteiger partial charge in [0.1, 0.15) is 0 Å². The number of hydrogen-bond donors (Lipinski definition) is 6.